The van der Waals surface area contributed by atoms with Gasteiger partial charge >= 0.3 is 0 Å². The van der Waals surface area contributed by atoms with Crippen LogP contribution in [-0.2, 0) is 6.54 Å². The number of anilines is 1. The largest absolute Gasteiger partial charge is 0.504 e. The lowest BCUT2D eigenvalue weighted by atomic mass is 10.1. The van der Waals surface area contributed by atoms with Crippen molar-refractivity contribution in [3.8, 4) is 11.5 Å². The van der Waals surface area contributed by atoms with Crippen LogP contribution in [0.2, 0.25) is 0 Å². The standard InChI is InChI=1S/C15H16INO2/c1-10-6-7-12(8-13(10)16)17-9-11-4-3-5-14(19-2)15(11)18/h3-8,17-18H,9H2,1-2H3. The van der Waals surface area contributed by atoms with Crippen LogP contribution in [0.3, 0.4) is 0 Å². The van der Waals surface area contributed by atoms with Gasteiger partial charge in [-0.05, 0) is 53.3 Å². The number of aromatic hydroxyl groups is 1. The second-order valence-corrected chi connectivity index (χ2v) is 5.45. The van der Waals surface area contributed by atoms with Crippen molar-refractivity contribution >= 4 is 28.3 Å². The highest BCUT2D eigenvalue weighted by molar-refractivity contribution is 14.1. The molecule has 2 aromatic carbocycles. The molecule has 100 valence electrons. The Balaban J connectivity index is 2.12. The fourth-order valence-electron chi connectivity index (χ4n) is 1.78. The van der Waals surface area contributed by atoms with E-state index in [-0.39, 0.29) is 5.75 Å². The maximum Gasteiger partial charge on any atom is 0.162 e. The molecule has 0 fully saturated rings. The molecule has 2 aromatic rings. The van der Waals surface area contributed by atoms with Gasteiger partial charge in [-0.15, -0.1) is 0 Å². The summed E-state index contributed by atoms with van der Waals surface area (Å²) in [5.41, 5.74) is 3.11. The molecular formula is C15H16INO2. The maximum absolute atomic E-state index is 10.00. The zero-order valence-electron chi connectivity index (χ0n) is 10.9. The molecule has 0 unspecified atom stereocenters. The molecule has 0 amide bonds. The number of methoxy groups -OCH3 is 1. The van der Waals surface area contributed by atoms with Crippen molar-refractivity contribution in [3.63, 3.8) is 0 Å². The van der Waals surface area contributed by atoms with Gasteiger partial charge in [0.15, 0.2) is 11.5 Å². The molecule has 19 heavy (non-hydrogen) atoms. The van der Waals surface area contributed by atoms with Gasteiger partial charge in [0.05, 0.1) is 7.11 Å². The number of ether oxygens (including phenoxy) is 1. The fourth-order valence-corrected chi connectivity index (χ4v) is 2.29. The minimum Gasteiger partial charge on any atom is -0.504 e. The summed E-state index contributed by atoms with van der Waals surface area (Å²) >= 11 is 2.31. The topological polar surface area (TPSA) is 41.5 Å². The maximum atomic E-state index is 10.00. The number of halogens is 1. The molecule has 2 N–H and O–H groups in total. The Morgan fingerprint density at radius 3 is 2.74 bits per heavy atom. The second kappa shape index (κ2) is 6.14. The predicted molar refractivity (Wildman–Crippen MR) is 85.9 cm³/mol. The van der Waals surface area contributed by atoms with Crippen molar-refractivity contribution in [1.29, 1.82) is 0 Å². The number of phenols is 1. The van der Waals surface area contributed by atoms with Crippen LogP contribution < -0.4 is 10.1 Å². The van der Waals surface area contributed by atoms with Crippen LogP contribution in [0.15, 0.2) is 36.4 Å². The van der Waals surface area contributed by atoms with Gasteiger partial charge in [-0.3, -0.25) is 0 Å². The van der Waals surface area contributed by atoms with E-state index < -0.39 is 0 Å². The summed E-state index contributed by atoms with van der Waals surface area (Å²) in [5.74, 6) is 0.692. The molecule has 0 spiro atoms. The van der Waals surface area contributed by atoms with Gasteiger partial charge < -0.3 is 15.2 Å². The predicted octanol–water partition coefficient (Wildman–Crippen LogP) is 3.93. The van der Waals surface area contributed by atoms with Gasteiger partial charge in [-0.25, -0.2) is 0 Å². The molecule has 0 aliphatic heterocycles. The molecule has 0 bridgehead atoms. The number of rotatable bonds is 4. The highest BCUT2D eigenvalue weighted by atomic mass is 127. The van der Waals surface area contributed by atoms with Crippen LogP contribution in [0, 0.1) is 10.5 Å². The number of hydrogen-bond donors (Lipinski definition) is 2. The molecular weight excluding hydrogens is 353 g/mol. The zero-order valence-corrected chi connectivity index (χ0v) is 13.1. The number of aryl methyl sites for hydroxylation is 1. The van der Waals surface area contributed by atoms with Crippen LogP contribution in [0.1, 0.15) is 11.1 Å². The highest BCUT2D eigenvalue weighted by Gasteiger charge is 2.07. The Bertz CT molecular complexity index is 584. The molecule has 0 saturated carbocycles. The zero-order chi connectivity index (χ0) is 13.8. The summed E-state index contributed by atoms with van der Waals surface area (Å²) in [6, 6.07) is 11.7. The molecule has 0 heterocycles. The minimum atomic E-state index is 0.194. The van der Waals surface area contributed by atoms with Crippen LogP contribution >= 0.6 is 22.6 Å². The van der Waals surface area contributed by atoms with Crippen molar-refractivity contribution in [2.45, 2.75) is 13.5 Å². The molecule has 0 radical (unpaired) electrons. The number of nitrogens with one attached hydrogen (secondary N) is 1. The molecule has 0 saturated heterocycles. The first-order chi connectivity index (χ1) is 9.11. The lowest BCUT2D eigenvalue weighted by Crippen LogP contribution is -2.01. The van der Waals surface area contributed by atoms with Crippen LogP contribution in [0.25, 0.3) is 0 Å². The Hall–Kier alpha value is -1.43. The smallest absolute Gasteiger partial charge is 0.162 e. The van der Waals surface area contributed by atoms with E-state index in [9.17, 15) is 5.11 Å². The van der Waals surface area contributed by atoms with Crippen LogP contribution in [-0.4, -0.2) is 12.2 Å². The highest BCUT2D eigenvalue weighted by Crippen LogP contribution is 2.30. The first-order valence-electron chi connectivity index (χ1n) is 5.96. The van der Waals surface area contributed by atoms with Crippen molar-refractivity contribution in [1.82, 2.24) is 0 Å². The lowest BCUT2D eigenvalue weighted by Gasteiger charge is -2.11. The third-order valence-corrected chi connectivity index (χ3v) is 4.12. The molecule has 0 aromatic heterocycles. The molecule has 0 atom stereocenters. The summed E-state index contributed by atoms with van der Waals surface area (Å²) in [4.78, 5) is 0. The first-order valence-corrected chi connectivity index (χ1v) is 7.04. The van der Waals surface area contributed by atoms with Crippen LogP contribution in [0.5, 0.6) is 11.5 Å². The molecule has 0 aliphatic rings. The molecule has 3 nitrogen and oxygen atoms in total. The molecule has 2 rings (SSSR count). The van der Waals surface area contributed by atoms with E-state index in [1.54, 1.807) is 13.2 Å². The Morgan fingerprint density at radius 2 is 2.05 bits per heavy atom. The molecule has 0 aliphatic carbocycles. The second-order valence-electron chi connectivity index (χ2n) is 4.29. The Labute approximate surface area is 126 Å². The first kappa shape index (κ1) is 14.0. The van der Waals surface area contributed by atoms with Gasteiger partial charge in [-0.1, -0.05) is 18.2 Å². The van der Waals surface area contributed by atoms with Crippen molar-refractivity contribution in [2.75, 3.05) is 12.4 Å². The van der Waals surface area contributed by atoms with Gasteiger partial charge in [0, 0.05) is 21.4 Å². The summed E-state index contributed by atoms with van der Waals surface area (Å²) in [7, 11) is 1.55. The summed E-state index contributed by atoms with van der Waals surface area (Å²) in [6.45, 7) is 2.64. The Kier molecular flexibility index (Phi) is 4.52. The van der Waals surface area contributed by atoms with E-state index in [4.69, 9.17) is 4.74 Å². The lowest BCUT2D eigenvalue weighted by molar-refractivity contribution is 0.371. The third-order valence-electron chi connectivity index (χ3n) is 2.96. The summed E-state index contributed by atoms with van der Waals surface area (Å²) in [6.07, 6.45) is 0. The summed E-state index contributed by atoms with van der Waals surface area (Å²) < 4.78 is 6.31. The van der Waals surface area contributed by atoms with E-state index in [1.165, 1.54) is 9.13 Å². The number of phenolic OH excluding ortho intramolecular Hbond substituents is 1. The van der Waals surface area contributed by atoms with E-state index >= 15 is 0 Å². The van der Waals surface area contributed by atoms with Crippen LogP contribution in [0.4, 0.5) is 5.69 Å². The third kappa shape index (κ3) is 3.32. The van der Waals surface area contributed by atoms with Crippen molar-refractivity contribution in [2.24, 2.45) is 0 Å². The number of benzene rings is 2. The van der Waals surface area contributed by atoms with Crippen molar-refractivity contribution < 1.29 is 9.84 Å². The molecule has 4 heteroatoms. The van der Waals surface area contributed by atoms with Gasteiger partial charge in [-0.2, -0.15) is 0 Å². The normalized spacial score (nSPS) is 10.3. The van der Waals surface area contributed by atoms with Crippen molar-refractivity contribution in [3.05, 3.63) is 51.1 Å². The van der Waals surface area contributed by atoms with Gasteiger partial charge in [0.25, 0.3) is 0 Å². The number of hydrogen-bond acceptors (Lipinski definition) is 3. The Morgan fingerprint density at radius 1 is 1.26 bits per heavy atom. The average Bonchev–Trinajstić information content (AvgIpc) is 2.41. The summed E-state index contributed by atoms with van der Waals surface area (Å²) in [5, 5.41) is 13.3. The van der Waals surface area contributed by atoms with E-state index in [2.05, 4.69) is 47.0 Å². The fraction of sp³-hybridized carbons (Fsp3) is 0.200. The van der Waals surface area contributed by atoms with Gasteiger partial charge in [0.2, 0.25) is 0 Å². The SMILES string of the molecule is COc1cccc(CNc2ccc(C)c(I)c2)c1O. The van der Waals surface area contributed by atoms with E-state index in [0.29, 0.717) is 12.3 Å². The quantitative estimate of drug-likeness (QED) is 0.803. The monoisotopic (exact) mass is 369 g/mol. The van der Waals surface area contributed by atoms with E-state index in [1.807, 2.05) is 18.2 Å². The van der Waals surface area contributed by atoms with E-state index in [0.717, 1.165) is 11.3 Å². The number of para-hydroxylation sites is 1. The minimum absolute atomic E-state index is 0.194. The average molecular weight is 369 g/mol. The van der Waals surface area contributed by atoms with Gasteiger partial charge in [0.1, 0.15) is 0 Å².